The molecule has 5 aromatic rings. The van der Waals surface area contributed by atoms with Crippen LogP contribution < -0.4 is 10.3 Å². The number of halogens is 2. The van der Waals surface area contributed by atoms with E-state index in [1.165, 1.54) is 40.1 Å². The summed E-state index contributed by atoms with van der Waals surface area (Å²) in [4.78, 5) is 28.6. The van der Waals surface area contributed by atoms with Crippen LogP contribution in [0, 0.1) is 5.82 Å². The molecule has 3 aromatic carbocycles. The number of hydrogen-bond donors (Lipinski definition) is 0. The molecule has 0 N–H and O–H groups in total. The van der Waals surface area contributed by atoms with Crippen LogP contribution in [0.2, 0.25) is 5.02 Å². The highest BCUT2D eigenvalue weighted by molar-refractivity contribution is 8.00. The molecule has 0 spiro atoms. The normalized spacial score (nSPS) is 15.0. The standard InChI is InChI=1S/C26H15ClFN3O3S2/c27-18-9-5-4-8-15(18)13-35-26-30-29-25(36-26)31-21(14-6-2-1-3-7-14)20-22(32)17-12-16(28)10-11-19(17)34-23(20)24(31)33/h1-12,21H,13H2. The van der Waals surface area contributed by atoms with Gasteiger partial charge in [-0.3, -0.25) is 14.5 Å². The first kappa shape index (κ1) is 22.9. The van der Waals surface area contributed by atoms with E-state index in [2.05, 4.69) is 10.2 Å². The van der Waals surface area contributed by atoms with Crippen LogP contribution in [-0.4, -0.2) is 16.1 Å². The van der Waals surface area contributed by atoms with Crippen LogP contribution in [0.1, 0.15) is 33.3 Å². The Morgan fingerprint density at radius 1 is 1.03 bits per heavy atom. The van der Waals surface area contributed by atoms with Gasteiger partial charge in [0.25, 0.3) is 5.91 Å². The molecule has 0 saturated carbocycles. The molecule has 0 saturated heterocycles. The Bertz CT molecular complexity index is 1690. The molecule has 0 radical (unpaired) electrons. The van der Waals surface area contributed by atoms with Gasteiger partial charge in [-0.2, -0.15) is 0 Å². The van der Waals surface area contributed by atoms with Crippen LogP contribution >= 0.6 is 34.7 Å². The van der Waals surface area contributed by atoms with Gasteiger partial charge in [0.2, 0.25) is 10.9 Å². The van der Waals surface area contributed by atoms with E-state index in [0.717, 1.165) is 11.6 Å². The lowest BCUT2D eigenvalue weighted by Gasteiger charge is -2.21. The summed E-state index contributed by atoms with van der Waals surface area (Å²) in [6, 6.07) is 19.6. The van der Waals surface area contributed by atoms with Gasteiger partial charge in [-0.15, -0.1) is 10.2 Å². The van der Waals surface area contributed by atoms with Crippen molar-refractivity contribution in [3.63, 3.8) is 0 Å². The van der Waals surface area contributed by atoms with E-state index in [4.69, 9.17) is 16.0 Å². The van der Waals surface area contributed by atoms with Gasteiger partial charge in [-0.05, 0) is 35.4 Å². The molecule has 10 heteroatoms. The molecule has 0 aliphatic carbocycles. The fourth-order valence-corrected chi connectivity index (χ4v) is 6.36. The topological polar surface area (TPSA) is 76.3 Å². The maximum atomic E-state index is 13.9. The number of thioether (sulfide) groups is 1. The number of amides is 1. The Hall–Kier alpha value is -3.53. The summed E-state index contributed by atoms with van der Waals surface area (Å²) in [6.45, 7) is 0. The molecule has 1 amide bonds. The third kappa shape index (κ3) is 3.89. The van der Waals surface area contributed by atoms with Gasteiger partial charge >= 0.3 is 0 Å². The van der Waals surface area contributed by atoms with Crippen LogP contribution in [0.25, 0.3) is 11.0 Å². The number of hydrogen-bond acceptors (Lipinski definition) is 7. The first-order chi connectivity index (χ1) is 17.5. The van der Waals surface area contributed by atoms with Crippen LogP contribution in [-0.2, 0) is 5.75 Å². The number of carbonyl (C=O) groups is 1. The number of carbonyl (C=O) groups excluding carboxylic acids is 1. The van der Waals surface area contributed by atoms with Crippen molar-refractivity contribution in [2.75, 3.05) is 4.90 Å². The Morgan fingerprint density at radius 3 is 2.61 bits per heavy atom. The molecular weight excluding hydrogens is 521 g/mol. The van der Waals surface area contributed by atoms with E-state index < -0.39 is 23.2 Å². The summed E-state index contributed by atoms with van der Waals surface area (Å²) in [5, 5.41) is 9.60. The minimum Gasteiger partial charge on any atom is -0.450 e. The molecule has 1 unspecified atom stereocenters. The molecular formula is C26H15ClFN3O3S2. The van der Waals surface area contributed by atoms with Crippen LogP contribution in [0.3, 0.4) is 0 Å². The highest BCUT2D eigenvalue weighted by Gasteiger charge is 2.45. The van der Waals surface area contributed by atoms with Gasteiger partial charge in [0.05, 0.1) is 17.0 Å². The van der Waals surface area contributed by atoms with E-state index in [1.807, 2.05) is 54.6 Å². The predicted molar refractivity (Wildman–Crippen MR) is 138 cm³/mol. The third-order valence-electron chi connectivity index (χ3n) is 5.86. The quantitative estimate of drug-likeness (QED) is 0.189. The van der Waals surface area contributed by atoms with Crippen LogP contribution in [0.15, 0.2) is 86.3 Å². The lowest BCUT2D eigenvalue weighted by molar-refractivity contribution is 0.0970. The molecule has 1 aliphatic rings. The van der Waals surface area contributed by atoms with E-state index in [9.17, 15) is 14.0 Å². The number of anilines is 1. The van der Waals surface area contributed by atoms with Crippen molar-refractivity contribution in [2.45, 2.75) is 16.1 Å². The van der Waals surface area contributed by atoms with E-state index in [-0.39, 0.29) is 22.3 Å². The highest BCUT2D eigenvalue weighted by Crippen LogP contribution is 2.43. The van der Waals surface area contributed by atoms with Gasteiger partial charge in [-0.25, -0.2) is 4.39 Å². The monoisotopic (exact) mass is 535 g/mol. The van der Waals surface area contributed by atoms with Gasteiger partial charge in [0.15, 0.2) is 9.77 Å². The molecule has 36 heavy (non-hydrogen) atoms. The first-order valence-corrected chi connectivity index (χ1v) is 13.0. The van der Waals surface area contributed by atoms with Crippen molar-refractivity contribution in [2.24, 2.45) is 0 Å². The summed E-state index contributed by atoms with van der Waals surface area (Å²) in [5.41, 5.74) is 1.52. The number of rotatable bonds is 5. The van der Waals surface area contributed by atoms with Crippen LogP contribution in [0.5, 0.6) is 0 Å². The van der Waals surface area contributed by atoms with Crippen molar-refractivity contribution in [3.8, 4) is 0 Å². The Balaban J connectivity index is 1.43. The summed E-state index contributed by atoms with van der Waals surface area (Å²) in [5.74, 6) is -0.549. The zero-order chi connectivity index (χ0) is 24.8. The molecule has 2 aromatic heterocycles. The van der Waals surface area contributed by atoms with Gasteiger partial charge in [0, 0.05) is 10.8 Å². The minimum atomic E-state index is -0.785. The fourth-order valence-electron chi connectivity index (χ4n) is 4.21. The number of benzene rings is 3. The van der Waals surface area contributed by atoms with Crippen molar-refractivity contribution >= 4 is 56.7 Å². The molecule has 6 rings (SSSR count). The van der Waals surface area contributed by atoms with Gasteiger partial charge in [-0.1, -0.05) is 83.2 Å². The first-order valence-electron chi connectivity index (χ1n) is 10.9. The fraction of sp³-hybridized carbons (Fsp3) is 0.0769. The number of nitrogens with zero attached hydrogens (tertiary/aromatic N) is 3. The smallest absolute Gasteiger partial charge is 0.297 e. The summed E-state index contributed by atoms with van der Waals surface area (Å²) < 4.78 is 20.4. The molecule has 1 aliphatic heterocycles. The average molecular weight is 536 g/mol. The van der Waals surface area contributed by atoms with Crippen molar-refractivity contribution in [1.82, 2.24) is 10.2 Å². The molecule has 178 valence electrons. The van der Waals surface area contributed by atoms with Crippen molar-refractivity contribution in [1.29, 1.82) is 0 Å². The third-order valence-corrected chi connectivity index (χ3v) is 8.33. The van der Waals surface area contributed by atoms with Crippen molar-refractivity contribution in [3.05, 3.63) is 116 Å². The molecule has 3 heterocycles. The Labute approximate surface area is 217 Å². The van der Waals surface area contributed by atoms with Crippen molar-refractivity contribution < 1.29 is 13.6 Å². The second-order valence-corrected chi connectivity index (χ2v) is 10.6. The molecule has 0 bridgehead atoms. The summed E-state index contributed by atoms with van der Waals surface area (Å²) in [7, 11) is 0. The maximum Gasteiger partial charge on any atom is 0.297 e. The van der Waals surface area contributed by atoms with Crippen LogP contribution in [0.4, 0.5) is 9.52 Å². The lowest BCUT2D eigenvalue weighted by Crippen LogP contribution is -2.29. The Morgan fingerprint density at radius 2 is 1.81 bits per heavy atom. The zero-order valence-electron chi connectivity index (χ0n) is 18.4. The second-order valence-electron chi connectivity index (χ2n) is 8.03. The summed E-state index contributed by atoms with van der Waals surface area (Å²) in [6.07, 6.45) is 0. The predicted octanol–water partition coefficient (Wildman–Crippen LogP) is 6.48. The maximum absolute atomic E-state index is 13.9. The van der Waals surface area contributed by atoms with Gasteiger partial charge in [0.1, 0.15) is 11.4 Å². The average Bonchev–Trinajstić information content (AvgIpc) is 3.47. The zero-order valence-corrected chi connectivity index (χ0v) is 20.7. The molecule has 6 nitrogen and oxygen atoms in total. The Kier molecular flexibility index (Phi) is 5.83. The lowest BCUT2D eigenvalue weighted by atomic mass is 9.99. The number of aromatic nitrogens is 2. The summed E-state index contributed by atoms with van der Waals surface area (Å²) >= 11 is 8.96. The largest absolute Gasteiger partial charge is 0.450 e. The SMILES string of the molecule is O=C1c2oc3ccc(F)cc3c(=O)c2C(c2ccccc2)N1c1nnc(SCc2ccccc2Cl)s1. The molecule has 0 fully saturated rings. The van der Waals surface area contributed by atoms with E-state index >= 15 is 0 Å². The molecule has 1 atom stereocenters. The van der Waals surface area contributed by atoms with E-state index in [0.29, 0.717) is 25.8 Å². The van der Waals surface area contributed by atoms with E-state index in [1.54, 1.807) is 0 Å². The number of fused-ring (bicyclic) bond motifs is 2. The minimum absolute atomic E-state index is 0.0755. The highest BCUT2D eigenvalue weighted by atomic mass is 35.5. The van der Waals surface area contributed by atoms with Gasteiger partial charge < -0.3 is 4.42 Å². The second kappa shape index (κ2) is 9.16.